The number of aryl methyl sites for hydroxylation is 1. The van der Waals surface area contributed by atoms with Gasteiger partial charge in [0, 0.05) is 16.3 Å². The molecule has 0 fully saturated rings. The van der Waals surface area contributed by atoms with E-state index in [4.69, 9.17) is 13.9 Å². The highest BCUT2D eigenvalue weighted by Gasteiger charge is 2.16. The second-order valence-electron chi connectivity index (χ2n) is 4.33. The van der Waals surface area contributed by atoms with E-state index in [0.717, 1.165) is 42.6 Å². The van der Waals surface area contributed by atoms with Gasteiger partial charge in [-0.05, 0) is 53.8 Å². The van der Waals surface area contributed by atoms with Crippen LogP contribution in [0.2, 0.25) is 0 Å². The van der Waals surface area contributed by atoms with Crippen molar-refractivity contribution in [1.29, 1.82) is 0 Å². The molecule has 1 heterocycles. The summed E-state index contributed by atoms with van der Waals surface area (Å²) in [4.78, 5) is 0. The van der Waals surface area contributed by atoms with Crippen molar-refractivity contribution in [1.82, 2.24) is 0 Å². The van der Waals surface area contributed by atoms with Crippen LogP contribution in [-0.4, -0.2) is 14.2 Å². The van der Waals surface area contributed by atoms with Crippen LogP contribution in [-0.2, 0) is 0 Å². The van der Waals surface area contributed by atoms with Crippen molar-refractivity contribution in [2.24, 2.45) is 0 Å². The highest BCUT2D eigenvalue weighted by Crippen LogP contribution is 2.39. The van der Waals surface area contributed by atoms with Gasteiger partial charge in [0.2, 0.25) is 0 Å². The largest absolute Gasteiger partial charge is 0.496 e. The van der Waals surface area contributed by atoms with Crippen molar-refractivity contribution in [3.05, 3.63) is 33.4 Å². The first-order valence-electron chi connectivity index (χ1n) is 5.89. The van der Waals surface area contributed by atoms with Gasteiger partial charge in [-0.15, -0.1) is 0 Å². The molecule has 0 N–H and O–H groups in total. The predicted molar refractivity (Wildman–Crippen MR) is 84.3 cm³/mol. The lowest BCUT2D eigenvalue weighted by atomic mass is 10.1. The molecular formula is C15H13IO3. The van der Waals surface area contributed by atoms with E-state index in [1.807, 2.05) is 31.2 Å². The number of methoxy groups -OCH3 is 2. The van der Waals surface area contributed by atoms with Crippen molar-refractivity contribution in [3.63, 3.8) is 0 Å². The number of hydrogen-bond acceptors (Lipinski definition) is 3. The second-order valence-corrected chi connectivity index (χ2v) is 5.41. The second kappa shape index (κ2) is 4.59. The van der Waals surface area contributed by atoms with Gasteiger partial charge in [-0.1, -0.05) is 0 Å². The van der Waals surface area contributed by atoms with Gasteiger partial charge in [0.25, 0.3) is 0 Å². The van der Waals surface area contributed by atoms with Crippen molar-refractivity contribution in [3.8, 4) is 11.5 Å². The first-order valence-corrected chi connectivity index (χ1v) is 6.97. The predicted octanol–water partition coefficient (Wildman–Crippen LogP) is 4.52. The van der Waals surface area contributed by atoms with Crippen molar-refractivity contribution >= 4 is 44.5 Å². The zero-order valence-electron chi connectivity index (χ0n) is 10.9. The molecule has 3 nitrogen and oxygen atoms in total. The number of fused-ring (bicyclic) bond motifs is 3. The first kappa shape index (κ1) is 12.6. The summed E-state index contributed by atoms with van der Waals surface area (Å²) in [5.41, 5.74) is 2.76. The molecule has 4 heteroatoms. The number of furan rings is 1. The van der Waals surface area contributed by atoms with Crippen LogP contribution in [0.4, 0.5) is 0 Å². The Morgan fingerprint density at radius 1 is 0.895 bits per heavy atom. The summed E-state index contributed by atoms with van der Waals surface area (Å²) in [5.74, 6) is 1.67. The molecule has 0 aliphatic carbocycles. The monoisotopic (exact) mass is 368 g/mol. The summed E-state index contributed by atoms with van der Waals surface area (Å²) >= 11 is 2.25. The smallest absolute Gasteiger partial charge is 0.152 e. The molecule has 0 bridgehead atoms. The van der Waals surface area contributed by atoms with Crippen LogP contribution < -0.4 is 9.47 Å². The Morgan fingerprint density at radius 3 is 2.11 bits per heavy atom. The molecule has 19 heavy (non-hydrogen) atoms. The van der Waals surface area contributed by atoms with E-state index in [2.05, 4.69) is 22.6 Å². The Balaban J connectivity index is 2.44. The molecular weight excluding hydrogens is 355 g/mol. The number of halogens is 1. The topological polar surface area (TPSA) is 31.6 Å². The molecule has 1 aromatic heterocycles. The SMILES string of the molecule is COc1ccc2c(oc3c(I)c(OC)ccc32)c1C. The quantitative estimate of drug-likeness (QED) is 0.624. The van der Waals surface area contributed by atoms with Gasteiger partial charge >= 0.3 is 0 Å². The molecule has 0 aliphatic rings. The van der Waals surface area contributed by atoms with Gasteiger partial charge in [0.05, 0.1) is 17.8 Å². The lowest BCUT2D eigenvalue weighted by Crippen LogP contribution is -1.86. The van der Waals surface area contributed by atoms with E-state index in [9.17, 15) is 0 Å². The van der Waals surface area contributed by atoms with Gasteiger partial charge in [-0.3, -0.25) is 0 Å². The summed E-state index contributed by atoms with van der Waals surface area (Å²) in [6.07, 6.45) is 0. The van der Waals surface area contributed by atoms with Crippen LogP contribution in [0.25, 0.3) is 21.9 Å². The molecule has 3 rings (SSSR count). The minimum atomic E-state index is 0.830. The van der Waals surface area contributed by atoms with Crippen LogP contribution in [0.1, 0.15) is 5.56 Å². The van der Waals surface area contributed by atoms with Crippen molar-refractivity contribution in [2.75, 3.05) is 14.2 Å². The molecule has 0 radical (unpaired) electrons. The van der Waals surface area contributed by atoms with Crippen LogP contribution in [0.15, 0.2) is 28.7 Å². The third kappa shape index (κ3) is 1.77. The number of ether oxygens (including phenoxy) is 2. The third-order valence-corrected chi connectivity index (χ3v) is 4.37. The van der Waals surface area contributed by atoms with Crippen LogP contribution in [0.3, 0.4) is 0 Å². The molecule has 3 aromatic rings. The summed E-state index contributed by atoms with van der Waals surface area (Å²) < 4.78 is 17.7. The Labute approximate surface area is 124 Å². The lowest BCUT2D eigenvalue weighted by Gasteiger charge is -2.03. The summed E-state index contributed by atoms with van der Waals surface area (Å²) in [6.45, 7) is 2.01. The lowest BCUT2D eigenvalue weighted by molar-refractivity contribution is 0.410. The minimum absolute atomic E-state index is 0.830. The number of benzene rings is 2. The van der Waals surface area contributed by atoms with Gasteiger partial charge in [0.1, 0.15) is 17.1 Å². The molecule has 0 spiro atoms. The molecule has 98 valence electrons. The highest BCUT2D eigenvalue weighted by molar-refractivity contribution is 14.1. The molecule has 0 aliphatic heterocycles. The molecule has 0 amide bonds. The van der Waals surface area contributed by atoms with Crippen LogP contribution in [0.5, 0.6) is 11.5 Å². The maximum Gasteiger partial charge on any atom is 0.152 e. The fraction of sp³-hybridized carbons (Fsp3) is 0.200. The Morgan fingerprint density at radius 2 is 1.47 bits per heavy atom. The van der Waals surface area contributed by atoms with Crippen LogP contribution >= 0.6 is 22.6 Å². The van der Waals surface area contributed by atoms with E-state index in [0.29, 0.717) is 0 Å². The molecule has 0 saturated carbocycles. The van der Waals surface area contributed by atoms with E-state index in [-0.39, 0.29) is 0 Å². The summed E-state index contributed by atoms with van der Waals surface area (Å²) in [7, 11) is 3.34. The third-order valence-electron chi connectivity index (χ3n) is 3.35. The fourth-order valence-electron chi connectivity index (χ4n) is 2.35. The van der Waals surface area contributed by atoms with Crippen molar-refractivity contribution in [2.45, 2.75) is 6.92 Å². The average Bonchev–Trinajstić information content (AvgIpc) is 2.80. The van der Waals surface area contributed by atoms with E-state index in [1.165, 1.54) is 0 Å². The minimum Gasteiger partial charge on any atom is -0.496 e. The average molecular weight is 368 g/mol. The van der Waals surface area contributed by atoms with Gasteiger partial charge in [-0.25, -0.2) is 0 Å². The maximum absolute atomic E-state index is 6.03. The zero-order valence-corrected chi connectivity index (χ0v) is 13.1. The Hall–Kier alpha value is -1.43. The summed E-state index contributed by atoms with van der Waals surface area (Å²) in [6, 6.07) is 8.02. The van der Waals surface area contributed by atoms with Gasteiger partial charge in [0.15, 0.2) is 5.58 Å². The van der Waals surface area contributed by atoms with Gasteiger partial charge < -0.3 is 13.9 Å². The Kier molecular flexibility index (Phi) is 3.05. The maximum atomic E-state index is 6.03. The molecule has 0 atom stereocenters. The molecule has 0 unspecified atom stereocenters. The van der Waals surface area contributed by atoms with Gasteiger partial charge in [-0.2, -0.15) is 0 Å². The fourth-order valence-corrected chi connectivity index (χ4v) is 3.15. The number of rotatable bonds is 2. The Bertz CT molecular complexity index is 710. The molecule has 0 saturated heterocycles. The first-order chi connectivity index (χ1) is 9.17. The standard InChI is InChI=1S/C15H13IO3/c1-8-11(17-2)6-4-9-10-5-7-12(18-3)13(16)15(10)19-14(8)9/h4-7H,1-3H3. The normalized spacial score (nSPS) is 11.2. The molecule has 2 aromatic carbocycles. The zero-order chi connectivity index (χ0) is 13.6. The van der Waals surface area contributed by atoms with Crippen molar-refractivity contribution < 1.29 is 13.9 Å². The highest BCUT2D eigenvalue weighted by atomic mass is 127. The van der Waals surface area contributed by atoms with E-state index < -0.39 is 0 Å². The van der Waals surface area contributed by atoms with Crippen LogP contribution in [0, 0.1) is 10.5 Å². The summed E-state index contributed by atoms with van der Waals surface area (Å²) in [5, 5.41) is 2.21. The van der Waals surface area contributed by atoms with E-state index >= 15 is 0 Å². The van der Waals surface area contributed by atoms with E-state index in [1.54, 1.807) is 14.2 Å². The number of hydrogen-bond donors (Lipinski definition) is 0.